The molecule has 1 heterocycles. The van der Waals surface area contributed by atoms with Crippen LogP contribution in [0.3, 0.4) is 0 Å². The van der Waals surface area contributed by atoms with Gasteiger partial charge in [-0.2, -0.15) is 0 Å². The summed E-state index contributed by atoms with van der Waals surface area (Å²) in [4.78, 5) is 18.2. The fourth-order valence-electron chi connectivity index (χ4n) is 1.93. The summed E-state index contributed by atoms with van der Waals surface area (Å²) in [5.74, 6) is 1.23. The molecule has 2 rings (SSSR count). The number of aryl methyl sites for hydroxylation is 2. The first-order valence-corrected chi connectivity index (χ1v) is 6.07. The van der Waals surface area contributed by atoms with Gasteiger partial charge in [-0.05, 0) is 24.5 Å². The predicted octanol–water partition coefficient (Wildman–Crippen LogP) is 2.25. The first kappa shape index (κ1) is 12.4. The Hall–Kier alpha value is -2.10. The highest BCUT2D eigenvalue weighted by Gasteiger charge is 2.01. The van der Waals surface area contributed by atoms with E-state index in [0.717, 1.165) is 6.42 Å². The topological polar surface area (TPSA) is 57.8 Å². The number of anilines is 1. The zero-order chi connectivity index (χ0) is 13.0. The summed E-state index contributed by atoms with van der Waals surface area (Å²) in [6, 6.07) is 9.74. The van der Waals surface area contributed by atoms with Crippen molar-refractivity contribution in [1.29, 1.82) is 0 Å². The maximum Gasteiger partial charge on any atom is 0.252 e. The van der Waals surface area contributed by atoms with Crippen molar-refractivity contribution in [1.82, 2.24) is 9.97 Å². The number of nitrogens with zero attached hydrogens (tertiary/aromatic N) is 1. The molecule has 4 heteroatoms. The lowest BCUT2D eigenvalue weighted by molar-refractivity contribution is 0.985. The Morgan fingerprint density at radius 2 is 2.00 bits per heavy atom. The summed E-state index contributed by atoms with van der Waals surface area (Å²) in [5.41, 5.74) is 2.42. The third-order valence-corrected chi connectivity index (χ3v) is 2.82. The molecule has 0 unspecified atom stereocenters. The molecule has 0 amide bonds. The number of rotatable bonds is 4. The summed E-state index contributed by atoms with van der Waals surface area (Å²) < 4.78 is 0. The van der Waals surface area contributed by atoms with E-state index in [1.807, 2.05) is 12.1 Å². The van der Waals surface area contributed by atoms with Gasteiger partial charge in [0.2, 0.25) is 0 Å². The van der Waals surface area contributed by atoms with Gasteiger partial charge >= 0.3 is 0 Å². The highest BCUT2D eigenvalue weighted by Crippen LogP contribution is 2.11. The van der Waals surface area contributed by atoms with E-state index in [1.54, 1.807) is 6.92 Å². The molecule has 0 bridgehead atoms. The van der Waals surface area contributed by atoms with Crippen LogP contribution >= 0.6 is 0 Å². The van der Waals surface area contributed by atoms with Crippen LogP contribution in [-0.4, -0.2) is 9.97 Å². The molecule has 4 nitrogen and oxygen atoms in total. The van der Waals surface area contributed by atoms with Crippen molar-refractivity contribution >= 4 is 5.82 Å². The third kappa shape index (κ3) is 2.97. The minimum atomic E-state index is -0.131. The number of H-pyrrole nitrogens is 1. The molecule has 0 saturated carbocycles. The maximum atomic E-state index is 11.3. The number of aromatic amines is 1. The number of hydrogen-bond donors (Lipinski definition) is 2. The zero-order valence-electron chi connectivity index (χ0n) is 10.7. The molecule has 18 heavy (non-hydrogen) atoms. The van der Waals surface area contributed by atoms with E-state index in [-0.39, 0.29) is 5.56 Å². The van der Waals surface area contributed by atoms with E-state index in [0.29, 0.717) is 18.2 Å². The van der Waals surface area contributed by atoms with Gasteiger partial charge in [0, 0.05) is 12.6 Å². The van der Waals surface area contributed by atoms with Crippen molar-refractivity contribution < 1.29 is 0 Å². The quantitative estimate of drug-likeness (QED) is 0.866. The van der Waals surface area contributed by atoms with E-state index in [4.69, 9.17) is 0 Å². The SMILES string of the molecule is CCc1ccccc1CNc1cc(=O)[nH]c(C)n1. The maximum absolute atomic E-state index is 11.3. The number of aromatic nitrogens is 2. The van der Waals surface area contributed by atoms with E-state index in [1.165, 1.54) is 17.2 Å². The molecular formula is C14H17N3O. The van der Waals surface area contributed by atoms with Crippen molar-refractivity contribution in [2.24, 2.45) is 0 Å². The van der Waals surface area contributed by atoms with Crippen LogP contribution in [0.2, 0.25) is 0 Å². The third-order valence-electron chi connectivity index (χ3n) is 2.82. The van der Waals surface area contributed by atoms with Crippen LogP contribution in [0, 0.1) is 6.92 Å². The lowest BCUT2D eigenvalue weighted by atomic mass is 10.1. The second-order valence-corrected chi connectivity index (χ2v) is 4.19. The Morgan fingerprint density at radius 1 is 1.28 bits per heavy atom. The first-order valence-electron chi connectivity index (χ1n) is 6.07. The zero-order valence-corrected chi connectivity index (χ0v) is 10.7. The van der Waals surface area contributed by atoms with Crippen LogP contribution in [0.15, 0.2) is 35.1 Å². The van der Waals surface area contributed by atoms with Crippen molar-refractivity contribution in [3.8, 4) is 0 Å². The lowest BCUT2D eigenvalue weighted by Crippen LogP contribution is -2.12. The van der Waals surface area contributed by atoms with Crippen LogP contribution in [0.5, 0.6) is 0 Å². The second kappa shape index (κ2) is 5.49. The van der Waals surface area contributed by atoms with Crippen molar-refractivity contribution in [3.63, 3.8) is 0 Å². The lowest BCUT2D eigenvalue weighted by Gasteiger charge is -2.09. The molecule has 0 aliphatic heterocycles. The molecule has 2 N–H and O–H groups in total. The predicted molar refractivity (Wildman–Crippen MR) is 72.7 cm³/mol. The fraction of sp³-hybridized carbons (Fsp3) is 0.286. The largest absolute Gasteiger partial charge is 0.366 e. The Kier molecular flexibility index (Phi) is 3.77. The molecule has 1 aromatic carbocycles. The summed E-state index contributed by atoms with van der Waals surface area (Å²) in [5, 5.41) is 3.19. The van der Waals surface area contributed by atoms with Gasteiger partial charge in [0.05, 0.1) is 0 Å². The summed E-state index contributed by atoms with van der Waals surface area (Å²) in [6.45, 7) is 4.58. The number of nitrogens with one attached hydrogen (secondary N) is 2. The fourth-order valence-corrected chi connectivity index (χ4v) is 1.93. The van der Waals surface area contributed by atoms with Gasteiger partial charge in [0.15, 0.2) is 0 Å². The van der Waals surface area contributed by atoms with E-state index in [9.17, 15) is 4.79 Å². The molecule has 1 aromatic heterocycles. The normalized spacial score (nSPS) is 10.3. The second-order valence-electron chi connectivity index (χ2n) is 4.19. The van der Waals surface area contributed by atoms with Crippen molar-refractivity contribution in [3.05, 3.63) is 57.6 Å². The Bertz CT molecular complexity index is 590. The Morgan fingerprint density at radius 3 is 2.67 bits per heavy atom. The van der Waals surface area contributed by atoms with Crippen LogP contribution in [-0.2, 0) is 13.0 Å². The standard InChI is InChI=1S/C14H17N3O/c1-3-11-6-4-5-7-12(11)9-15-13-8-14(18)17-10(2)16-13/h4-8H,3,9H2,1-2H3,(H2,15,16,17,18). The molecule has 0 aliphatic carbocycles. The average molecular weight is 243 g/mol. The molecular weight excluding hydrogens is 226 g/mol. The molecule has 0 spiro atoms. The molecule has 94 valence electrons. The minimum Gasteiger partial charge on any atom is -0.366 e. The smallest absolute Gasteiger partial charge is 0.252 e. The van der Waals surface area contributed by atoms with Gasteiger partial charge in [0.1, 0.15) is 11.6 Å². The van der Waals surface area contributed by atoms with Crippen molar-refractivity contribution in [2.45, 2.75) is 26.8 Å². The van der Waals surface area contributed by atoms with E-state index >= 15 is 0 Å². The van der Waals surface area contributed by atoms with Crippen LogP contribution < -0.4 is 10.9 Å². The van der Waals surface area contributed by atoms with Crippen LogP contribution in [0.1, 0.15) is 23.9 Å². The van der Waals surface area contributed by atoms with Gasteiger partial charge in [-0.15, -0.1) is 0 Å². The highest BCUT2D eigenvalue weighted by atomic mass is 16.1. The van der Waals surface area contributed by atoms with Gasteiger partial charge in [-0.25, -0.2) is 4.98 Å². The average Bonchev–Trinajstić information content (AvgIpc) is 2.35. The molecule has 0 saturated heterocycles. The van der Waals surface area contributed by atoms with Crippen LogP contribution in [0.25, 0.3) is 0 Å². The van der Waals surface area contributed by atoms with Gasteiger partial charge in [-0.1, -0.05) is 31.2 Å². The molecule has 0 atom stereocenters. The molecule has 0 radical (unpaired) electrons. The Labute approximate surface area is 106 Å². The monoisotopic (exact) mass is 243 g/mol. The summed E-state index contributed by atoms with van der Waals surface area (Å²) >= 11 is 0. The van der Waals surface area contributed by atoms with Crippen LogP contribution in [0.4, 0.5) is 5.82 Å². The van der Waals surface area contributed by atoms with Gasteiger partial charge < -0.3 is 10.3 Å². The summed E-state index contributed by atoms with van der Waals surface area (Å²) in [7, 11) is 0. The van der Waals surface area contributed by atoms with E-state index in [2.05, 4.69) is 34.3 Å². The number of hydrogen-bond acceptors (Lipinski definition) is 3. The Balaban J connectivity index is 2.13. The first-order chi connectivity index (χ1) is 8.69. The van der Waals surface area contributed by atoms with E-state index < -0.39 is 0 Å². The minimum absolute atomic E-state index is 0.131. The van der Waals surface area contributed by atoms with Crippen molar-refractivity contribution in [2.75, 3.05) is 5.32 Å². The van der Waals surface area contributed by atoms with Gasteiger partial charge in [0.25, 0.3) is 5.56 Å². The molecule has 2 aromatic rings. The highest BCUT2D eigenvalue weighted by molar-refractivity contribution is 5.36. The molecule has 0 fully saturated rings. The summed E-state index contributed by atoms with van der Waals surface area (Å²) in [6.07, 6.45) is 1.000. The molecule has 0 aliphatic rings. The number of benzene rings is 1. The van der Waals surface area contributed by atoms with Gasteiger partial charge in [-0.3, -0.25) is 4.79 Å².